The van der Waals surface area contributed by atoms with Crippen LogP contribution in [0.4, 0.5) is 0 Å². The fourth-order valence-corrected chi connectivity index (χ4v) is 3.18. The van der Waals surface area contributed by atoms with Gasteiger partial charge in [-0.2, -0.15) is 0 Å². The smallest absolute Gasteiger partial charge is 0.0931 e. The maximum atomic E-state index is 5.55. The minimum Gasteiger partial charge on any atom is -0.382 e. The van der Waals surface area contributed by atoms with Crippen molar-refractivity contribution in [3.8, 4) is 0 Å². The number of rotatable bonds is 7. The van der Waals surface area contributed by atoms with E-state index in [4.69, 9.17) is 9.47 Å². The van der Waals surface area contributed by atoms with Crippen LogP contribution in [0.3, 0.4) is 0 Å². The van der Waals surface area contributed by atoms with Crippen LogP contribution < -0.4 is 5.32 Å². The van der Waals surface area contributed by atoms with Gasteiger partial charge in [-0.05, 0) is 24.7 Å². The zero-order valence-corrected chi connectivity index (χ0v) is 12.9. The molecule has 0 bridgehead atoms. The third-order valence-corrected chi connectivity index (χ3v) is 4.57. The van der Waals surface area contributed by atoms with Gasteiger partial charge in [0.25, 0.3) is 0 Å². The van der Waals surface area contributed by atoms with Gasteiger partial charge < -0.3 is 14.8 Å². The average Bonchev–Trinajstić information content (AvgIpc) is 3.22. The summed E-state index contributed by atoms with van der Waals surface area (Å²) in [6.07, 6.45) is 3.00. The van der Waals surface area contributed by atoms with Gasteiger partial charge in [0, 0.05) is 45.9 Å². The lowest BCUT2D eigenvalue weighted by atomic mass is 9.96. The third-order valence-electron chi connectivity index (χ3n) is 4.57. The maximum Gasteiger partial charge on any atom is 0.0931 e. The molecule has 0 aromatic carbocycles. The molecule has 2 fully saturated rings. The van der Waals surface area contributed by atoms with Crippen molar-refractivity contribution in [3.05, 3.63) is 0 Å². The highest BCUT2D eigenvalue weighted by molar-refractivity contribution is 4.95. The normalized spacial score (nSPS) is 30.8. The van der Waals surface area contributed by atoms with Crippen molar-refractivity contribution >= 4 is 0 Å². The van der Waals surface area contributed by atoms with Crippen LogP contribution in [-0.4, -0.2) is 63.5 Å². The molecule has 0 radical (unpaired) electrons. The van der Waals surface area contributed by atoms with Crippen molar-refractivity contribution in [2.75, 3.05) is 40.5 Å². The summed E-state index contributed by atoms with van der Waals surface area (Å²) in [6.45, 7) is 8.57. The first kappa shape index (κ1) is 15.2. The van der Waals surface area contributed by atoms with Crippen molar-refractivity contribution in [3.63, 3.8) is 0 Å². The highest BCUT2D eigenvalue weighted by Gasteiger charge is 2.38. The number of nitrogens with zero attached hydrogens (tertiary/aromatic N) is 1. The summed E-state index contributed by atoms with van der Waals surface area (Å²) < 4.78 is 10.8. The van der Waals surface area contributed by atoms with Crippen LogP contribution in [-0.2, 0) is 9.47 Å². The summed E-state index contributed by atoms with van der Waals surface area (Å²) >= 11 is 0. The van der Waals surface area contributed by atoms with Crippen LogP contribution in [0.5, 0.6) is 0 Å². The second-order valence-corrected chi connectivity index (χ2v) is 6.43. The van der Waals surface area contributed by atoms with Gasteiger partial charge in [-0.15, -0.1) is 0 Å². The van der Waals surface area contributed by atoms with Gasteiger partial charge in [-0.1, -0.05) is 13.8 Å². The van der Waals surface area contributed by atoms with Gasteiger partial charge in [-0.25, -0.2) is 0 Å². The Bertz CT molecular complexity index is 269. The summed E-state index contributed by atoms with van der Waals surface area (Å²) in [5.74, 6) is 1.59. The minimum atomic E-state index is 0.184. The zero-order chi connectivity index (χ0) is 13.8. The zero-order valence-electron chi connectivity index (χ0n) is 12.9. The number of hydrogen-bond acceptors (Lipinski definition) is 4. The molecular formula is C15H30N2O2. The van der Waals surface area contributed by atoms with Crippen LogP contribution in [0, 0.1) is 11.8 Å². The van der Waals surface area contributed by atoms with Crippen LogP contribution >= 0.6 is 0 Å². The van der Waals surface area contributed by atoms with Gasteiger partial charge in [0.05, 0.1) is 12.7 Å². The van der Waals surface area contributed by atoms with Crippen molar-refractivity contribution < 1.29 is 9.47 Å². The van der Waals surface area contributed by atoms with E-state index in [2.05, 4.69) is 24.1 Å². The molecule has 2 rings (SSSR count). The van der Waals surface area contributed by atoms with E-state index in [9.17, 15) is 0 Å². The van der Waals surface area contributed by atoms with E-state index in [1.54, 1.807) is 14.2 Å². The van der Waals surface area contributed by atoms with Gasteiger partial charge in [-0.3, -0.25) is 4.90 Å². The Balaban J connectivity index is 1.93. The van der Waals surface area contributed by atoms with E-state index in [1.807, 2.05) is 0 Å². The Kier molecular flexibility index (Phi) is 5.63. The predicted octanol–water partition coefficient (Wildman–Crippen LogP) is 1.36. The molecule has 0 spiro atoms. The molecular weight excluding hydrogens is 240 g/mol. The molecule has 0 amide bonds. The van der Waals surface area contributed by atoms with Crippen LogP contribution in [0.2, 0.25) is 0 Å². The summed E-state index contributed by atoms with van der Waals surface area (Å²) in [6, 6.07) is 1.31. The molecule has 4 heteroatoms. The Morgan fingerprint density at radius 1 is 1.26 bits per heavy atom. The predicted molar refractivity (Wildman–Crippen MR) is 77.4 cm³/mol. The van der Waals surface area contributed by atoms with Gasteiger partial charge in [0.1, 0.15) is 0 Å². The largest absolute Gasteiger partial charge is 0.382 e. The lowest BCUT2D eigenvalue weighted by Crippen LogP contribution is -2.60. The number of piperazine rings is 1. The monoisotopic (exact) mass is 270 g/mol. The average molecular weight is 270 g/mol. The third kappa shape index (κ3) is 4.15. The van der Waals surface area contributed by atoms with Gasteiger partial charge >= 0.3 is 0 Å². The maximum absolute atomic E-state index is 5.55. The molecule has 0 aromatic rings. The topological polar surface area (TPSA) is 33.7 Å². The first-order valence-electron chi connectivity index (χ1n) is 7.64. The van der Waals surface area contributed by atoms with Crippen LogP contribution in [0.1, 0.15) is 26.7 Å². The second kappa shape index (κ2) is 7.02. The van der Waals surface area contributed by atoms with Crippen molar-refractivity contribution in [1.29, 1.82) is 0 Å². The molecule has 1 heterocycles. The van der Waals surface area contributed by atoms with E-state index in [1.165, 1.54) is 12.8 Å². The minimum absolute atomic E-state index is 0.184. The Hall–Kier alpha value is -0.160. The summed E-state index contributed by atoms with van der Waals surface area (Å²) in [5, 5.41) is 3.75. The fraction of sp³-hybridized carbons (Fsp3) is 1.00. The number of hydrogen-bond donors (Lipinski definition) is 1. The second-order valence-electron chi connectivity index (χ2n) is 6.43. The molecule has 112 valence electrons. The highest BCUT2D eigenvalue weighted by atomic mass is 16.5. The Labute approximate surface area is 117 Å². The first-order chi connectivity index (χ1) is 9.15. The SMILES string of the molecule is COCC(CN1CC(C2CC2)NCC1C(C)C)OC. The van der Waals surface area contributed by atoms with E-state index in [-0.39, 0.29) is 6.10 Å². The Morgan fingerprint density at radius 3 is 2.53 bits per heavy atom. The molecule has 2 aliphatic rings. The van der Waals surface area contributed by atoms with Gasteiger partial charge in [0.2, 0.25) is 0 Å². The van der Waals surface area contributed by atoms with Crippen molar-refractivity contribution in [2.24, 2.45) is 11.8 Å². The molecule has 1 aliphatic heterocycles. The van der Waals surface area contributed by atoms with E-state index in [0.717, 1.165) is 25.6 Å². The van der Waals surface area contributed by atoms with Crippen LogP contribution in [0.25, 0.3) is 0 Å². The quantitative estimate of drug-likeness (QED) is 0.757. The van der Waals surface area contributed by atoms with E-state index >= 15 is 0 Å². The lowest BCUT2D eigenvalue weighted by Gasteiger charge is -2.43. The molecule has 3 unspecified atom stereocenters. The summed E-state index contributed by atoms with van der Waals surface area (Å²) in [4.78, 5) is 2.62. The standard InChI is InChI=1S/C15H30N2O2/c1-11(2)15-7-16-14(12-5-6-12)9-17(15)8-13(19-4)10-18-3/h11-16H,5-10H2,1-4H3. The van der Waals surface area contributed by atoms with Crippen molar-refractivity contribution in [2.45, 2.75) is 44.9 Å². The molecule has 1 saturated heterocycles. The molecule has 1 saturated carbocycles. The van der Waals surface area contributed by atoms with Gasteiger partial charge in [0.15, 0.2) is 0 Å². The molecule has 1 N–H and O–H groups in total. The summed E-state index contributed by atoms with van der Waals surface area (Å²) in [7, 11) is 3.53. The van der Waals surface area contributed by atoms with Crippen molar-refractivity contribution in [1.82, 2.24) is 10.2 Å². The number of ether oxygens (including phenoxy) is 2. The molecule has 4 nitrogen and oxygen atoms in total. The Morgan fingerprint density at radius 2 is 2.00 bits per heavy atom. The van der Waals surface area contributed by atoms with Crippen LogP contribution in [0.15, 0.2) is 0 Å². The first-order valence-corrected chi connectivity index (χ1v) is 7.64. The number of nitrogens with one attached hydrogen (secondary N) is 1. The summed E-state index contributed by atoms with van der Waals surface area (Å²) in [5.41, 5.74) is 0. The number of methoxy groups -OCH3 is 2. The molecule has 0 aromatic heterocycles. The molecule has 19 heavy (non-hydrogen) atoms. The van der Waals surface area contributed by atoms with E-state index in [0.29, 0.717) is 24.6 Å². The molecule has 1 aliphatic carbocycles. The highest BCUT2D eigenvalue weighted by Crippen LogP contribution is 2.34. The lowest BCUT2D eigenvalue weighted by molar-refractivity contribution is -0.0182. The van der Waals surface area contributed by atoms with E-state index < -0.39 is 0 Å². The fourth-order valence-electron chi connectivity index (χ4n) is 3.18. The molecule has 3 atom stereocenters.